The van der Waals surface area contributed by atoms with Crippen molar-refractivity contribution in [3.05, 3.63) is 65.7 Å². The molecule has 0 saturated carbocycles. The van der Waals surface area contributed by atoms with Crippen LogP contribution in [-0.4, -0.2) is 186 Å². The largest absolute Gasteiger partial charge is 0.508 e. The molecular formula is C48H69N13O13S2. The van der Waals surface area contributed by atoms with Crippen molar-refractivity contribution in [2.24, 2.45) is 53.6 Å². The van der Waals surface area contributed by atoms with Gasteiger partial charge in [0, 0.05) is 37.3 Å². The van der Waals surface area contributed by atoms with Gasteiger partial charge in [0.2, 0.25) is 59.0 Å². The van der Waals surface area contributed by atoms with Gasteiger partial charge < -0.3 is 79.6 Å². The van der Waals surface area contributed by atoms with Crippen LogP contribution in [0.15, 0.2) is 79.6 Å². The van der Waals surface area contributed by atoms with Crippen LogP contribution in [0.5, 0.6) is 5.75 Å². The Morgan fingerprint density at radius 3 is 1.87 bits per heavy atom. The fourth-order valence-corrected chi connectivity index (χ4v) is 9.77. The first-order chi connectivity index (χ1) is 36.2. The lowest BCUT2D eigenvalue weighted by Gasteiger charge is -2.28. The summed E-state index contributed by atoms with van der Waals surface area (Å²) < 4.78 is 0. The second-order valence-corrected chi connectivity index (χ2v) is 19.9. The van der Waals surface area contributed by atoms with Crippen molar-refractivity contribution >= 4 is 92.8 Å². The number of nitrogens with zero attached hydrogens (tertiary/aromatic N) is 6. The molecule has 416 valence electrons. The predicted molar refractivity (Wildman–Crippen MR) is 290 cm³/mol. The van der Waals surface area contributed by atoms with Crippen molar-refractivity contribution in [3.63, 3.8) is 0 Å². The number of aliphatic imine (C=N–C) groups is 5. The third-order valence-electron chi connectivity index (χ3n) is 11.4. The maximum atomic E-state index is 14.6. The van der Waals surface area contributed by atoms with E-state index in [-0.39, 0.29) is 49.5 Å². The fourth-order valence-electron chi connectivity index (χ4n) is 7.53. The summed E-state index contributed by atoms with van der Waals surface area (Å²) in [6.07, 6.45) is 0.556. The summed E-state index contributed by atoms with van der Waals surface area (Å²) in [4.78, 5) is 109. The summed E-state index contributed by atoms with van der Waals surface area (Å²) in [5, 5.41) is 72.8. The van der Waals surface area contributed by atoms with Crippen LogP contribution < -0.4 is 39.3 Å². The molecule has 0 bridgehead atoms. The smallest absolute Gasteiger partial charge is 0.249 e. The van der Waals surface area contributed by atoms with E-state index in [1.54, 1.807) is 42.5 Å². The van der Waals surface area contributed by atoms with Crippen molar-refractivity contribution < 1.29 is 64.2 Å². The van der Waals surface area contributed by atoms with E-state index in [9.17, 15) is 59.4 Å². The van der Waals surface area contributed by atoms with Crippen LogP contribution in [0.2, 0.25) is 0 Å². The number of hydrogen-bond acceptors (Lipinski definition) is 17. The number of nitrogens with two attached hydrogens (primary N) is 5. The minimum atomic E-state index is -1.78. The number of unbranched alkanes of at least 4 members (excludes halogenated alkanes) is 1. The lowest BCUT2D eigenvalue weighted by Crippen LogP contribution is -2.55. The first kappa shape index (κ1) is 63.0. The summed E-state index contributed by atoms with van der Waals surface area (Å²) in [7, 11) is 2.08. The third kappa shape index (κ3) is 21.9. The Bertz CT molecular complexity index is 2430. The van der Waals surface area contributed by atoms with Gasteiger partial charge in [0.1, 0.15) is 54.3 Å². The highest BCUT2D eigenvalue weighted by Crippen LogP contribution is 2.28. The summed E-state index contributed by atoms with van der Waals surface area (Å²) in [6, 6.07) is 3.39. The standard InChI is InChI=1S/C46H65N13O12S2.C2H4O/c47-17-5-4-9-29(40(65)52-22-38(51)63)54-45(70)35-10-6-18-59(35)46(71)34-24-73-72-23-28(48)39(64)55-31(20-26-11-13-27(60)14-12-26)43(68)56-32(19-25-7-2-1-3-8-25)42(67)53-30(15-16-36(49)61)41(66)57-33(21-37(50)62)44(69)58-34;1-2-3/h1-3,7-8,11-14,28-35,60H,4-6,9-10,15-24,47-48H2,(H2,49,61)(H2,50,62)(H2,51,63)(H,52,65)(H,53,67)(H,54,70)(H,55,64)(H,56,68)(H,57,66)(H,58,69);2H,1H3/t28-,29+,30-,31-,32-,33-,34-,35-;/m0./s1. The molecule has 1 saturated heterocycles. The van der Waals surface area contributed by atoms with Gasteiger partial charge in [0.25, 0.3) is 0 Å². The molecule has 76 heavy (non-hydrogen) atoms. The van der Waals surface area contributed by atoms with Gasteiger partial charge >= 0.3 is 0 Å². The molecule has 0 radical (unpaired) electrons. The van der Waals surface area contributed by atoms with Crippen LogP contribution in [0.4, 0.5) is 0 Å². The SMILES string of the molecule is CC=O.NCCCC[C@@H](NC(=O)[C@@H]1CCCN1C(=O)[C@@H]1CSSC[C@H](N)C(O)=N[C@@H](Cc2ccc(O)cc2)C(O)=N[C@@H](Cc2ccccc2)C(O)=N[C@@H](CCC(N)=O)C(O)=N[C@@H](CC(N)=O)C(O)=N1)C(=O)NCC(N)=O. The molecule has 2 heterocycles. The zero-order chi connectivity index (χ0) is 56.3. The molecule has 6 amide bonds. The topological polar surface area (TPSA) is 460 Å². The number of hydrogen-bond donors (Lipinski definition) is 13. The molecule has 0 aromatic heterocycles. The van der Waals surface area contributed by atoms with E-state index in [4.69, 9.17) is 33.5 Å². The summed E-state index contributed by atoms with van der Waals surface area (Å²) >= 11 is 0. The number of benzene rings is 2. The number of aromatic hydroxyl groups is 1. The number of carbonyl (C=O) groups is 7. The summed E-state index contributed by atoms with van der Waals surface area (Å²) in [5.41, 5.74) is 29.4. The summed E-state index contributed by atoms with van der Waals surface area (Å²) in [6.45, 7) is 1.32. The highest BCUT2D eigenvalue weighted by atomic mass is 33.1. The monoisotopic (exact) mass is 1100 g/mol. The Balaban J connectivity index is 0.00000495. The van der Waals surface area contributed by atoms with E-state index in [1.807, 2.05) is 0 Å². The zero-order valence-corrected chi connectivity index (χ0v) is 43.6. The van der Waals surface area contributed by atoms with Gasteiger partial charge in [0.05, 0.1) is 19.0 Å². The quantitative estimate of drug-likeness (QED) is 0.0503. The first-order valence-electron chi connectivity index (χ1n) is 24.2. The number of aldehydes is 1. The normalized spacial score (nSPS) is 22.3. The molecule has 0 spiro atoms. The Labute approximate surface area is 446 Å². The van der Waals surface area contributed by atoms with Gasteiger partial charge in [-0.1, -0.05) is 64.1 Å². The van der Waals surface area contributed by atoms with E-state index in [0.29, 0.717) is 36.9 Å². The zero-order valence-electron chi connectivity index (χ0n) is 41.9. The number of rotatable bonds is 19. The number of phenolic OH excluding ortho intramolecular Hbond substituents is 1. The molecular weight excluding hydrogens is 1030 g/mol. The molecule has 28 heteroatoms. The van der Waals surface area contributed by atoms with Gasteiger partial charge in [0.15, 0.2) is 5.90 Å². The lowest BCUT2D eigenvalue weighted by molar-refractivity contribution is -0.140. The molecule has 2 aliphatic heterocycles. The van der Waals surface area contributed by atoms with Crippen LogP contribution in [-0.2, 0) is 46.4 Å². The van der Waals surface area contributed by atoms with E-state index in [2.05, 4.69) is 35.6 Å². The molecule has 4 rings (SSSR count). The Hall–Kier alpha value is -7.30. The van der Waals surface area contributed by atoms with Crippen molar-refractivity contribution in [1.82, 2.24) is 15.5 Å². The minimum absolute atomic E-state index is 0.0393. The number of amides is 6. The molecule has 1 fully saturated rings. The lowest BCUT2D eigenvalue weighted by atomic mass is 10.0. The molecule has 2 aromatic rings. The number of aliphatic hydroxyl groups is 5. The highest BCUT2D eigenvalue weighted by molar-refractivity contribution is 8.76. The van der Waals surface area contributed by atoms with Crippen molar-refractivity contribution in [1.29, 1.82) is 0 Å². The van der Waals surface area contributed by atoms with Crippen LogP contribution in [0.1, 0.15) is 69.4 Å². The highest BCUT2D eigenvalue weighted by Gasteiger charge is 2.39. The average molecular weight is 1100 g/mol. The van der Waals surface area contributed by atoms with Crippen molar-refractivity contribution in [2.45, 2.75) is 119 Å². The first-order valence-corrected chi connectivity index (χ1v) is 26.6. The van der Waals surface area contributed by atoms with Crippen LogP contribution in [0, 0.1) is 0 Å². The number of carbonyl (C=O) groups excluding carboxylic acids is 7. The van der Waals surface area contributed by atoms with E-state index in [0.717, 1.165) is 27.9 Å². The Kier molecular flexibility index (Phi) is 27.3. The molecule has 2 aliphatic rings. The molecule has 8 atom stereocenters. The second kappa shape index (κ2) is 32.9. The average Bonchev–Trinajstić information content (AvgIpc) is 3.87. The Morgan fingerprint density at radius 1 is 0.724 bits per heavy atom. The molecule has 18 N–H and O–H groups in total. The fraction of sp³-hybridized carbons (Fsp3) is 0.500. The van der Waals surface area contributed by atoms with Gasteiger partial charge in [-0.2, -0.15) is 0 Å². The van der Waals surface area contributed by atoms with Crippen LogP contribution in [0.25, 0.3) is 0 Å². The van der Waals surface area contributed by atoms with Crippen LogP contribution in [0.3, 0.4) is 0 Å². The van der Waals surface area contributed by atoms with Crippen LogP contribution >= 0.6 is 21.6 Å². The maximum absolute atomic E-state index is 14.6. The molecule has 0 unspecified atom stereocenters. The third-order valence-corrected chi connectivity index (χ3v) is 13.8. The van der Waals surface area contributed by atoms with Gasteiger partial charge in [-0.25, -0.2) is 25.0 Å². The molecule has 0 aliphatic carbocycles. The molecule has 26 nitrogen and oxygen atoms in total. The number of phenols is 1. The predicted octanol–water partition coefficient (Wildman–Crippen LogP) is 0.0776. The molecule has 2 aromatic carbocycles. The maximum Gasteiger partial charge on any atom is 0.249 e. The van der Waals surface area contributed by atoms with Gasteiger partial charge in [-0.05, 0) is 75.3 Å². The van der Waals surface area contributed by atoms with Crippen molar-refractivity contribution in [2.75, 3.05) is 31.1 Å². The van der Waals surface area contributed by atoms with Gasteiger partial charge in [-0.15, -0.1) is 0 Å². The second-order valence-electron chi connectivity index (χ2n) is 17.4. The van der Waals surface area contributed by atoms with Gasteiger partial charge in [-0.3, -0.25) is 28.8 Å². The van der Waals surface area contributed by atoms with E-state index >= 15 is 0 Å². The van der Waals surface area contributed by atoms with E-state index < -0.39 is 139 Å². The number of likely N-dealkylation sites (tertiary alicyclic amines) is 1. The number of nitrogens with one attached hydrogen (secondary N) is 2. The Morgan fingerprint density at radius 2 is 1.28 bits per heavy atom. The number of aliphatic hydroxyl groups excluding tert-OH is 5. The van der Waals surface area contributed by atoms with E-state index in [1.165, 1.54) is 24.0 Å². The number of primary amides is 3. The van der Waals surface area contributed by atoms with Crippen molar-refractivity contribution in [3.8, 4) is 5.75 Å². The minimum Gasteiger partial charge on any atom is -0.508 e. The summed E-state index contributed by atoms with van der Waals surface area (Å²) in [5.74, 6) is -9.18.